The summed E-state index contributed by atoms with van der Waals surface area (Å²) in [4.78, 5) is 40.8. The first-order chi connectivity index (χ1) is 16.2. The van der Waals surface area contributed by atoms with E-state index in [0.717, 1.165) is 41.1 Å². The number of thioether (sulfide) groups is 1. The van der Waals surface area contributed by atoms with E-state index < -0.39 is 16.6 Å². The summed E-state index contributed by atoms with van der Waals surface area (Å²) in [6.45, 7) is 3.79. The number of benzene rings is 3. The van der Waals surface area contributed by atoms with Gasteiger partial charge in [-0.1, -0.05) is 36.0 Å². The molecule has 0 saturated carbocycles. The van der Waals surface area contributed by atoms with Crippen LogP contribution in [0.4, 0.5) is 15.8 Å². The molecular weight excluding hydrogens is 459 g/mol. The molecule has 1 aromatic heterocycles. The lowest BCUT2D eigenvalue weighted by Crippen LogP contribution is -2.23. The minimum atomic E-state index is -0.792. The molecule has 0 saturated heterocycles. The first-order valence-corrected chi connectivity index (χ1v) is 11.2. The van der Waals surface area contributed by atoms with Gasteiger partial charge in [-0.15, -0.1) is 0 Å². The lowest BCUT2D eigenvalue weighted by molar-refractivity contribution is -0.384. The summed E-state index contributed by atoms with van der Waals surface area (Å²) >= 11 is 1.01. The third-order valence-electron chi connectivity index (χ3n) is 5.12. The molecule has 1 N–H and O–H groups in total. The lowest BCUT2D eigenvalue weighted by Gasteiger charge is -2.16. The minimum Gasteiger partial charge on any atom is -0.323 e. The number of nitrogens with one attached hydrogen (secondary N) is 1. The Kier molecular flexibility index (Phi) is 6.42. The number of hydrogen-bond donors (Lipinski definition) is 1. The van der Waals surface area contributed by atoms with Crippen molar-refractivity contribution in [1.82, 2.24) is 9.55 Å². The Morgan fingerprint density at radius 2 is 1.91 bits per heavy atom. The molecule has 0 radical (unpaired) electrons. The van der Waals surface area contributed by atoms with Crippen LogP contribution in [0.25, 0.3) is 16.6 Å². The summed E-state index contributed by atoms with van der Waals surface area (Å²) in [7, 11) is 0. The average Bonchev–Trinajstić information content (AvgIpc) is 2.81. The van der Waals surface area contributed by atoms with E-state index >= 15 is 0 Å². The summed E-state index contributed by atoms with van der Waals surface area (Å²) in [6, 6.07) is 15.5. The molecular formula is C24H19FN4O4S. The van der Waals surface area contributed by atoms with Crippen LogP contribution in [0, 0.1) is 29.8 Å². The second kappa shape index (κ2) is 9.44. The summed E-state index contributed by atoms with van der Waals surface area (Å²) < 4.78 is 15.5. The molecule has 1 heterocycles. The van der Waals surface area contributed by atoms with Crippen molar-refractivity contribution in [3.05, 3.63) is 98.1 Å². The number of nitro benzene ring substituents is 1. The average molecular weight is 479 g/mol. The van der Waals surface area contributed by atoms with Crippen LogP contribution in [0.15, 0.2) is 70.6 Å². The maximum Gasteiger partial charge on any atom is 0.271 e. The predicted octanol–water partition coefficient (Wildman–Crippen LogP) is 4.78. The van der Waals surface area contributed by atoms with Crippen molar-refractivity contribution in [3.8, 4) is 5.69 Å². The van der Waals surface area contributed by atoms with E-state index in [9.17, 15) is 24.1 Å². The van der Waals surface area contributed by atoms with Crippen LogP contribution >= 0.6 is 11.8 Å². The van der Waals surface area contributed by atoms with E-state index in [0.29, 0.717) is 21.7 Å². The SMILES string of the molecule is Cc1ccc(C)c(-n2c(SCC(=O)Nc3cc([N+](=O)[O-])ccc3F)nc3ccccc3c2=O)c1. The van der Waals surface area contributed by atoms with Crippen LogP contribution in [0.5, 0.6) is 0 Å². The largest absolute Gasteiger partial charge is 0.323 e. The van der Waals surface area contributed by atoms with Gasteiger partial charge in [0, 0.05) is 12.1 Å². The number of halogens is 1. The smallest absolute Gasteiger partial charge is 0.271 e. The first-order valence-electron chi connectivity index (χ1n) is 10.2. The number of aryl methyl sites for hydroxylation is 2. The molecule has 10 heteroatoms. The Hall–Kier alpha value is -4.05. The van der Waals surface area contributed by atoms with E-state index in [2.05, 4.69) is 10.3 Å². The standard InChI is InChI=1S/C24H19FN4O4S/c1-14-7-8-15(2)21(11-14)28-23(31)17-5-3-4-6-19(17)27-24(28)34-13-22(30)26-20-12-16(29(32)33)9-10-18(20)25/h3-12H,13H2,1-2H3,(H,26,30). The number of amides is 1. The van der Waals surface area contributed by atoms with E-state index in [-0.39, 0.29) is 22.7 Å². The van der Waals surface area contributed by atoms with Crippen LogP contribution in [0.1, 0.15) is 11.1 Å². The molecule has 3 aromatic carbocycles. The maximum atomic E-state index is 14.0. The number of fused-ring (bicyclic) bond motifs is 1. The molecule has 4 rings (SSSR count). The maximum absolute atomic E-state index is 14.0. The molecule has 172 valence electrons. The van der Waals surface area contributed by atoms with Crippen molar-refractivity contribution < 1.29 is 14.1 Å². The Morgan fingerprint density at radius 3 is 2.68 bits per heavy atom. The second-order valence-corrected chi connectivity index (χ2v) is 8.54. The van der Waals surface area contributed by atoms with Gasteiger partial charge >= 0.3 is 0 Å². The van der Waals surface area contributed by atoms with E-state index in [4.69, 9.17) is 0 Å². The summed E-state index contributed by atoms with van der Waals surface area (Å²) in [5.41, 5.74) is 2.04. The van der Waals surface area contributed by atoms with Crippen LogP contribution in [-0.2, 0) is 4.79 Å². The van der Waals surface area contributed by atoms with Gasteiger partial charge in [0.05, 0.1) is 33.0 Å². The third-order valence-corrected chi connectivity index (χ3v) is 6.06. The van der Waals surface area contributed by atoms with Crippen LogP contribution in [-0.4, -0.2) is 26.1 Å². The molecule has 0 aliphatic heterocycles. The predicted molar refractivity (Wildman–Crippen MR) is 129 cm³/mol. The number of para-hydroxylation sites is 1. The molecule has 0 aliphatic rings. The Labute approximate surface area is 197 Å². The molecule has 0 bridgehead atoms. The molecule has 34 heavy (non-hydrogen) atoms. The van der Waals surface area contributed by atoms with Crippen molar-refractivity contribution >= 4 is 39.9 Å². The zero-order valence-corrected chi connectivity index (χ0v) is 19.1. The fourth-order valence-corrected chi connectivity index (χ4v) is 4.23. The molecule has 4 aromatic rings. The number of carbonyl (C=O) groups is 1. The summed E-state index contributed by atoms with van der Waals surface area (Å²) in [6.07, 6.45) is 0. The molecule has 0 aliphatic carbocycles. The monoisotopic (exact) mass is 478 g/mol. The third kappa shape index (κ3) is 4.67. The quantitative estimate of drug-likeness (QED) is 0.185. The van der Waals surface area contributed by atoms with E-state index in [1.54, 1.807) is 24.3 Å². The number of rotatable bonds is 6. The highest BCUT2D eigenvalue weighted by molar-refractivity contribution is 7.99. The highest BCUT2D eigenvalue weighted by Gasteiger charge is 2.18. The number of nitro groups is 1. The lowest BCUT2D eigenvalue weighted by atomic mass is 10.1. The Balaban J connectivity index is 1.69. The van der Waals surface area contributed by atoms with E-state index in [1.165, 1.54) is 4.57 Å². The number of carbonyl (C=O) groups excluding carboxylic acids is 1. The van der Waals surface area contributed by atoms with E-state index in [1.807, 2.05) is 32.0 Å². The normalized spacial score (nSPS) is 10.9. The van der Waals surface area contributed by atoms with Crippen LogP contribution in [0.2, 0.25) is 0 Å². The highest BCUT2D eigenvalue weighted by atomic mass is 32.2. The molecule has 1 amide bonds. The van der Waals surface area contributed by atoms with Gasteiger partial charge in [-0.2, -0.15) is 0 Å². The molecule has 0 atom stereocenters. The zero-order valence-electron chi connectivity index (χ0n) is 18.2. The van der Waals surface area contributed by atoms with Gasteiger partial charge in [-0.3, -0.25) is 24.3 Å². The van der Waals surface area contributed by atoms with Crippen LogP contribution in [0.3, 0.4) is 0 Å². The van der Waals surface area contributed by atoms with Gasteiger partial charge in [0.25, 0.3) is 11.2 Å². The number of nitrogens with zero attached hydrogens (tertiary/aromatic N) is 3. The van der Waals surface area contributed by atoms with Crippen molar-refractivity contribution in [3.63, 3.8) is 0 Å². The summed E-state index contributed by atoms with van der Waals surface area (Å²) in [5.74, 6) is -1.59. The van der Waals surface area contributed by atoms with Crippen LogP contribution < -0.4 is 10.9 Å². The molecule has 0 spiro atoms. The fourth-order valence-electron chi connectivity index (χ4n) is 3.42. The first kappa shape index (κ1) is 23.1. The molecule has 0 fully saturated rings. The number of non-ortho nitro benzene ring substituents is 1. The van der Waals surface area contributed by atoms with Crippen molar-refractivity contribution in [2.75, 3.05) is 11.1 Å². The topological polar surface area (TPSA) is 107 Å². The molecule has 8 nitrogen and oxygen atoms in total. The second-order valence-electron chi connectivity index (χ2n) is 7.60. The number of hydrogen-bond acceptors (Lipinski definition) is 6. The van der Waals surface area contributed by atoms with Crippen molar-refractivity contribution in [2.45, 2.75) is 19.0 Å². The van der Waals surface area contributed by atoms with Gasteiger partial charge < -0.3 is 5.32 Å². The number of aromatic nitrogens is 2. The van der Waals surface area contributed by atoms with Crippen molar-refractivity contribution in [1.29, 1.82) is 0 Å². The molecule has 0 unspecified atom stereocenters. The van der Waals surface area contributed by atoms with Gasteiger partial charge in [0.1, 0.15) is 5.82 Å². The Bertz CT molecular complexity index is 1500. The van der Waals surface area contributed by atoms with Gasteiger partial charge in [0.2, 0.25) is 5.91 Å². The highest BCUT2D eigenvalue weighted by Crippen LogP contribution is 2.25. The minimum absolute atomic E-state index is 0.197. The number of anilines is 1. The van der Waals surface area contributed by atoms with Gasteiger partial charge in [-0.25, -0.2) is 9.37 Å². The van der Waals surface area contributed by atoms with Crippen molar-refractivity contribution in [2.24, 2.45) is 0 Å². The van der Waals surface area contributed by atoms with Gasteiger partial charge in [-0.05, 0) is 49.2 Å². The summed E-state index contributed by atoms with van der Waals surface area (Å²) in [5, 5.41) is 14.0. The zero-order chi connectivity index (χ0) is 24.4. The Morgan fingerprint density at radius 1 is 1.15 bits per heavy atom. The fraction of sp³-hybridized carbons (Fsp3) is 0.125. The van der Waals surface area contributed by atoms with Gasteiger partial charge in [0.15, 0.2) is 5.16 Å².